The predicted octanol–water partition coefficient (Wildman–Crippen LogP) is 3.88. The minimum absolute atomic E-state index is 0.0194. The van der Waals surface area contributed by atoms with Crippen molar-refractivity contribution in [3.05, 3.63) is 84.4 Å². The molecule has 0 saturated heterocycles. The molecule has 9 heteroatoms. The maximum atomic E-state index is 12.5. The molecule has 0 aliphatic heterocycles. The van der Waals surface area contributed by atoms with Crippen LogP contribution in [-0.4, -0.2) is 26.9 Å². The number of urea groups is 1. The largest absolute Gasteiger partial charge is 0.323 e. The molecule has 3 rings (SSSR count). The average molecular weight is 439 g/mol. The summed E-state index contributed by atoms with van der Waals surface area (Å²) in [5, 5.41) is 8.12. The molecule has 0 atom stereocenters. The van der Waals surface area contributed by atoms with E-state index in [0.717, 1.165) is 0 Å². The number of sulfonamides is 1. The Balaban J connectivity index is 1.62. The first kappa shape index (κ1) is 22.0. The van der Waals surface area contributed by atoms with Crippen LogP contribution in [0.2, 0.25) is 0 Å². The number of carbonyl (C=O) groups excluding carboxylic acids is 2. The molecule has 8 nitrogen and oxygen atoms in total. The second-order valence-corrected chi connectivity index (χ2v) is 8.27. The van der Waals surface area contributed by atoms with Crippen LogP contribution >= 0.6 is 0 Å². The molecule has 160 valence electrons. The van der Waals surface area contributed by atoms with Crippen molar-refractivity contribution in [3.63, 3.8) is 0 Å². The van der Waals surface area contributed by atoms with E-state index in [0.29, 0.717) is 17.1 Å². The van der Waals surface area contributed by atoms with Gasteiger partial charge in [0.2, 0.25) is 10.0 Å². The number of hydrogen-bond acceptors (Lipinski definition) is 4. The summed E-state index contributed by atoms with van der Waals surface area (Å²) in [4.78, 5) is 24.6. The van der Waals surface area contributed by atoms with Crippen molar-refractivity contribution in [3.8, 4) is 0 Å². The first-order valence-electron chi connectivity index (χ1n) is 9.51. The van der Waals surface area contributed by atoms with Gasteiger partial charge in [-0.2, -0.15) is 0 Å². The van der Waals surface area contributed by atoms with Gasteiger partial charge < -0.3 is 16.0 Å². The Hall–Kier alpha value is -3.69. The molecule has 3 amide bonds. The molecule has 0 bridgehead atoms. The molecular weight excluding hydrogens is 416 g/mol. The summed E-state index contributed by atoms with van der Waals surface area (Å²) in [6.45, 7) is 1.93. The third kappa shape index (κ3) is 6.14. The van der Waals surface area contributed by atoms with Crippen molar-refractivity contribution in [1.29, 1.82) is 0 Å². The molecule has 0 unspecified atom stereocenters. The molecule has 0 aromatic heterocycles. The average Bonchev–Trinajstić information content (AvgIpc) is 2.76. The normalized spacial score (nSPS) is 10.9. The number of nitrogens with one attached hydrogen (secondary N) is 4. The van der Waals surface area contributed by atoms with Gasteiger partial charge in [-0.1, -0.05) is 31.2 Å². The fourth-order valence-corrected chi connectivity index (χ4v) is 3.82. The molecule has 3 aromatic rings. The van der Waals surface area contributed by atoms with E-state index < -0.39 is 15.9 Å². The number of para-hydroxylation sites is 1. The molecule has 0 saturated carbocycles. The third-order valence-electron chi connectivity index (χ3n) is 4.17. The van der Waals surface area contributed by atoms with Crippen LogP contribution in [0.15, 0.2) is 83.8 Å². The van der Waals surface area contributed by atoms with Crippen molar-refractivity contribution in [2.75, 3.05) is 22.5 Å². The summed E-state index contributed by atoms with van der Waals surface area (Å²) in [7, 11) is -3.66. The van der Waals surface area contributed by atoms with Crippen LogP contribution in [0.3, 0.4) is 0 Å². The van der Waals surface area contributed by atoms with E-state index in [-0.39, 0.29) is 23.0 Å². The Morgan fingerprint density at radius 3 is 1.94 bits per heavy atom. The van der Waals surface area contributed by atoms with Gasteiger partial charge in [-0.05, 0) is 54.6 Å². The summed E-state index contributed by atoms with van der Waals surface area (Å²) in [6.07, 6.45) is 0. The van der Waals surface area contributed by atoms with Crippen LogP contribution in [0, 0.1) is 0 Å². The fraction of sp³-hybridized carbons (Fsp3) is 0.0909. The monoisotopic (exact) mass is 438 g/mol. The number of carbonyl (C=O) groups is 2. The molecule has 4 N–H and O–H groups in total. The number of hydrogen-bond donors (Lipinski definition) is 4. The van der Waals surface area contributed by atoms with E-state index in [1.807, 2.05) is 18.2 Å². The van der Waals surface area contributed by atoms with Crippen molar-refractivity contribution in [2.24, 2.45) is 0 Å². The van der Waals surface area contributed by atoms with Crippen LogP contribution in [0.4, 0.5) is 21.9 Å². The lowest BCUT2D eigenvalue weighted by molar-refractivity contribution is 0.102. The van der Waals surface area contributed by atoms with Gasteiger partial charge in [-0.15, -0.1) is 0 Å². The summed E-state index contributed by atoms with van der Waals surface area (Å²) in [5.41, 5.74) is 1.93. The van der Waals surface area contributed by atoms with Crippen LogP contribution < -0.4 is 20.7 Å². The lowest BCUT2D eigenvalue weighted by atomic mass is 10.2. The standard InChI is InChI=1S/C22H22N4O4S/c1-2-23-31(29,30)20-10-6-7-16(15-20)21(27)24-18-11-13-19(14-12-18)26-22(28)25-17-8-4-3-5-9-17/h3-15,23H,2H2,1H3,(H,24,27)(H2,25,26,28). The predicted molar refractivity (Wildman–Crippen MR) is 121 cm³/mol. The number of benzene rings is 3. The van der Waals surface area contributed by atoms with Gasteiger partial charge in [-0.3, -0.25) is 4.79 Å². The van der Waals surface area contributed by atoms with Gasteiger partial charge >= 0.3 is 6.03 Å². The lowest BCUT2D eigenvalue weighted by Gasteiger charge is -2.10. The van der Waals surface area contributed by atoms with Gasteiger partial charge in [-0.25, -0.2) is 17.9 Å². The number of amides is 3. The SMILES string of the molecule is CCNS(=O)(=O)c1cccc(C(=O)Nc2ccc(NC(=O)Nc3ccccc3)cc2)c1. The topological polar surface area (TPSA) is 116 Å². The van der Waals surface area contributed by atoms with E-state index in [1.54, 1.807) is 43.3 Å². The Morgan fingerprint density at radius 1 is 0.742 bits per heavy atom. The minimum atomic E-state index is -3.66. The Bertz CT molecular complexity index is 1160. The highest BCUT2D eigenvalue weighted by Gasteiger charge is 2.15. The van der Waals surface area contributed by atoms with Gasteiger partial charge in [0.15, 0.2) is 0 Å². The summed E-state index contributed by atoms with van der Waals surface area (Å²) in [6, 6.07) is 21.0. The smallest absolute Gasteiger partial charge is 0.322 e. The molecular formula is C22H22N4O4S. The zero-order valence-corrected chi connectivity index (χ0v) is 17.6. The highest BCUT2D eigenvalue weighted by atomic mass is 32.2. The first-order chi connectivity index (χ1) is 14.9. The van der Waals surface area contributed by atoms with Crippen molar-refractivity contribution in [2.45, 2.75) is 11.8 Å². The molecule has 3 aromatic carbocycles. The van der Waals surface area contributed by atoms with Crippen molar-refractivity contribution in [1.82, 2.24) is 4.72 Å². The van der Waals surface area contributed by atoms with Gasteiger partial charge in [0, 0.05) is 29.2 Å². The summed E-state index contributed by atoms with van der Waals surface area (Å²) < 4.78 is 26.6. The Labute approximate surface area is 180 Å². The summed E-state index contributed by atoms with van der Waals surface area (Å²) >= 11 is 0. The highest BCUT2D eigenvalue weighted by Crippen LogP contribution is 2.17. The van der Waals surface area contributed by atoms with Crippen LogP contribution in [-0.2, 0) is 10.0 Å². The molecule has 31 heavy (non-hydrogen) atoms. The number of rotatable bonds is 7. The quantitative estimate of drug-likeness (QED) is 0.448. The lowest BCUT2D eigenvalue weighted by Crippen LogP contribution is -2.23. The van der Waals surface area contributed by atoms with E-state index in [9.17, 15) is 18.0 Å². The first-order valence-corrected chi connectivity index (χ1v) is 11.0. The molecule has 0 aliphatic carbocycles. The van der Waals surface area contributed by atoms with E-state index >= 15 is 0 Å². The van der Waals surface area contributed by atoms with Crippen LogP contribution in [0.25, 0.3) is 0 Å². The Morgan fingerprint density at radius 2 is 1.32 bits per heavy atom. The highest BCUT2D eigenvalue weighted by molar-refractivity contribution is 7.89. The fourth-order valence-electron chi connectivity index (χ4n) is 2.73. The van der Waals surface area contributed by atoms with Crippen LogP contribution in [0.5, 0.6) is 0 Å². The minimum Gasteiger partial charge on any atom is -0.322 e. The summed E-state index contributed by atoms with van der Waals surface area (Å²) in [5.74, 6) is -0.448. The third-order valence-corrected chi connectivity index (χ3v) is 5.72. The van der Waals surface area contributed by atoms with Crippen molar-refractivity contribution < 1.29 is 18.0 Å². The van der Waals surface area contributed by atoms with Gasteiger partial charge in [0.25, 0.3) is 5.91 Å². The second-order valence-electron chi connectivity index (χ2n) is 6.51. The molecule has 0 fully saturated rings. The Kier molecular flexibility index (Phi) is 7.01. The van der Waals surface area contributed by atoms with Gasteiger partial charge in [0.05, 0.1) is 4.90 Å². The maximum Gasteiger partial charge on any atom is 0.323 e. The van der Waals surface area contributed by atoms with E-state index in [4.69, 9.17) is 0 Å². The molecule has 0 spiro atoms. The molecule has 0 radical (unpaired) electrons. The van der Waals surface area contributed by atoms with Crippen LogP contribution in [0.1, 0.15) is 17.3 Å². The molecule has 0 heterocycles. The van der Waals surface area contributed by atoms with E-state index in [2.05, 4.69) is 20.7 Å². The molecule has 0 aliphatic rings. The number of anilines is 3. The maximum absolute atomic E-state index is 12.5. The second kappa shape index (κ2) is 9.88. The zero-order valence-electron chi connectivity index (χ0n) is 16.8. The zero-order chi connectivity index (χ0) is 22.3. The van der Waals surface area contributed by atoms with Gasteiger partial charge in [0.1, 0.15) is 0 Å². The van der Waals surface area contributed by atoms with E-state index in [1.165, 1.54) is 24.3 Å². The van der Waals surface area contributed by atoms with Crippen molar-refractivity contribution >= 4 is 39.0 Å².